The highest BCUT2D eigenvalue weighted by molar-refractivity contribution is 7.92. The summed E-state index contributed by atoms with van der Waals surface area (Å²) in [6, 6.07) is 12.6. The van der Waals surface area contributed by atoms with Crippen LogP contribution in [0.15, 0.2) is 59.5 Å². The molecule has 260 valence electrons. The second-order valence-corrected chi connectivity index (χ2v) is 14.5. The van der Waals surface area contributed by atoms with E-state index in [1.807, 2.05) is 0 Å². The fraction of sp³-hybridized carbons (Fsp3) is 0.412. The van der Waals surface area contributed by atoms with Crippen molar-refractivity contribution < 1.29 is 32.2 Å². The minimum Gasteiger partial charge on any atom is -0.495 e. The van der Waals surface area contributed by atoms with Crippen LogP contribution in [-0.4, -0.2) is 65.1 Å². The number of carbonyl (C=O) groups is 2. The van der Waals surface area contributed by atoms with Gasteiger partial charge in [-0.1, -0.05) is 67.1 Å². The fourth-order valence-electron chi connectivity index (χ4n) is 5.77. The highest BCUT2D eigenvalue weighted by Gasteiger charge is 2.36. The molecule has 1 aliphatic carbocycles. The zero-order chi connectivity index (χ0) is 35.0. The maximum absolute atomic E-state index is 14.5. The Labute approximate surface area is 297 Å². The number of methoxy groups -OCH3 is 3. The monoisotopic (exact) mass is 739 g/mol. The molecule has 0 radical (unpaired) electrons. The maximum atomic E-state index is 14.5. The number of halogens is 3. The van der Waals surface area contributed by atoms with Crippen LogP contribution in [-0.2, 0) is 26.2 Å². The van der Waals surface area contributed by atoms with Crippen molar-refractivity contribution in [2.45, 2.75) is 69.0 Å². The number of nitrogens with zero attached hydrogens (tertiary/aromatic N) is 2. The van der Waals surface area contributed by atoms with Gasteiger partial charge in [-0.15, -0.1) is 0 Å². The summed E-state index contributed by atoms with van der Waals surface area (Å²) in [6.07, 6.45) is 5.12. The summed E-state index contributed by atoms with van der Waals surface area (Å²) in [6.45, 7) is 1.07. The molecule has 14 heteroatoms. The molecule has 1 saturated carbocycles. The molecular formula is C34H40Cl3N3O7S. The van der Waals surface area contributed by atoms with Crippen LogP contribution in [0.3, 0.4) is 0 Å². The summed E-state index contributed by atoms with van der Waals surface area (Å²) in [5.74, 6) is -0.295. The van der Waals surface area contributed by atoms with Gasteiger partial charge in [0.05, 0.1) is 42.0 Å². The standard InChI is InChI=1S/C34H40Cl3N3O7S/c1-5-28(34(42)38-24-9-7-6-8-10-24)39(20-22-11-14-26(36)27(37)17-22)33(41)21-40(29-18-23(35)12-15-30(29)45-2)48(43,44)25-13-16-31(46-3)32(19-25)47-4/h11-19,24,28H,5-10,20-21H2,1-4H3,(H,38,42)/t28-/m1/s1. The third kappa shape index (κ3) is 8.80. The number of amides is 2. The topological polar surface area (TPSA) is 114 Å². The van der Waals surface area contributed by atoms with E-state index < -0.39 is 28.5 Å². The van der Waals surface area contributed by atoms with Gasteiger partial charge < -0.3 is 24.4 Å². The normalized spacial score (nSPS) is 14.1. The molecule has 2 amide bonds. The smallest absolute Gasteiger partial charge is 0.265 e. The van der Waals surface area contributed by atoms with Crippen molar-refractivity contribution in [3.8, 4) is 17.2 Å². The lowest BCUT2D eigenvalue weighted by atomic mass is 9.95. The lowest BCUT2D eigenvalue weighted by Crippen LogP contribution is -2.54. The molecule has 1 N–H and O–H groups in total. The molecule has 3 aromatic carbocycles. The average molecular weight is 741 g/mol. The lowest BCUT2D eigenvalue weighted by Gasteiger charge is -2.34. The predicted octanol–water partition coefficient (Wildman–Crippen LogP) is 7.12. The highest BCUT2D eigenvalue weighted by Crippen LogP contribution is 2.37. The molecule has 1 aliphatic rings. The number of anilines is 1. The van der Waals surface area contributed by atoms with Gasteiger partial charge in [-0.2, -0.15) is 0 Å². The molecule has 0 unspecified atom stereocenters. The summed E-state index contributed by atoms with van der Waals surface area (Å²) in [5, 5.41) is 3.96. The highest BCUT2D eigenvalue weighted by atomic mass is 35.5. The van der Waals surface area contributed by atoms with E-state index >= 15 is 0 Å². The maximum Gasteiger partial charge on any atom is 0.265 e. The molecule has 0 heterocycles. The summed E-state index contributed by atoms with van der Waals surface area (Å²) in [5.41, 5.74) is 0.638. The predicted molar refractivity (Wildman–Crippen MR) is 188 cm³/mol. The SMILES string of the molecule is CC[C@H](C(=O)NC1CCCCC1)N(Cc1ccc(Cl)c(Cl)c1)C(=O)CN(c1cc(Cl)ccc1OC)S(=O)(=O)c1ccc(OC)c(OC)c1. The van der Waals surface area contributed by atoms with Crippen molar-refractivity contribution in [2.24, 2.45) is 0 Å². The van der Waals surface area contributed by atoms with Gasteiger partial charge in [0.25, 0.3) is 10.0 Å². The quantitative estimate of drug-likeness (QED) is 0.187. The molecule has 0 bridgehead atoms. The first-order valence-electron chi connectivity index (χ1n) is 15.6. The van der Waals surface area contributed by atoms with Gasteiger partial charge >= 0.3 is 0 Å². The van der Waals surface area contributed by atoms with Gasteiger partial charge in [-0.05, 0) is 67.3 Å². The van der Waals surface area contributed by atoms with Crippen LogP contribution < -0.4 is 23.8 Å². The first kappa shape index (κ1) is 37.4. The molecule has 4 rings (SSSR count). The van der Waals surface area contributed by atoms with E-state index in [0.717, 1.165) is 36.4 Å². The van der Waals surface area contributed by atoms with Crippen LogP contribution in [0, 0.1) is 0 Å². The van der Waals surface area contributed by atoms with Crippen LogP contribution in [0.5, 0.6) is 17.2 Å². The van der Waals surface area contributed by atoms with Gasteiger partial charge in [0.1, 0.15) is 18.3 Å². The minimum absolute atomic E-state index is 0.000112. The number of rotatable bonds is 14. The molecule has 0 spiro atoms. The Bertz CT molecular complexity index is 1720. The first-order valence-corrected chi connectivity index (χ1v) is 18.1. The van der Waals surface area contributed by atoms with Crippen LogP contribution >= 0.6 is 34.8 Å². The van der Waals surface area contributed by atoms with Crippen LogP contribution in [0.2, 0.25) is 15.1 Å². The molecule has 0 aromatic heterocycles. The van der Waals surface area contributed by atoms with E-state index in [9.17, 15) is 18.0 Å². The molecular weight excluding hydrogens is 701 g/mol. The van der Waals surface area contributed by atoms with Gasteiger partial charge in [0, 0.05) is 23.7 Å². The number of ether oxygens (including phenoxy) is 3. The zero-order valence-corrected chi connectivity index (χ0v) is 30.4. The lowest BCUT2D eigenvalue weighted by molar-refractivity contribution is -0.140. The van der Waals surface area contributed by atoms with Crippen molar-refractivity contribution in [2.75, 3.05) is 32.2 Å². The van der Waals surface area contributed by atoms with E-state index in [4.69, 9.17) is 49.0 Å². The summed E-state index contributed by atoms with van der Waals surface area (Å²) in [7, 11) is -0.270. The molecule has 1 fully saturated rings. The van der Waals surface area contributed by atoms with Crippen molar-refractivity contribution in [3.05, 3.63) is 75.2 Å². The van der Waals surface area contributed by atoms with E-state index in [-0.39, 0.29) is 57.0 Å². The number of carbonyl (C=O) groups excluding carboxylic acids is 2. The summed E-state index contributed by atoms with van der Waals surface area (Å²) in [4.78, 5) is 29.5. The third-order valence-corrected chi connectivity index (χ3v) is 11.0. The van der Waals surface area contributed by atoms with Crippen LogP contribution in [0.1, 0.15) is 51.0 Å². The zero-order valence-electron chi connectivity index (χ0n) is 27.3. The number of benzene rings is 3. The second kappa shape index (κ2) is 16.8. The van der Waals surface area contributed by atoms with Gasteiger partial charge in [-0.25, -0.2) is 8.42 Å². The van der Waals surface area contributed by atoms with Crippen molar-refractivity contribution in [1.29, 1.82) is 0 Å². The fourth-order valence-corrected chi connectivity index (χ4v) is 7.69. The van der Waals surface area contributed by atoms with Gasteiger partial charge in [0.2, 0.25) is 11.8 Å². The largest absolute Gasteiger partial charge is 0.495 e. The Morgan fingerprint density at radius 3 is 2.15 bits per heavy atom. The van der Waals surface area contributed by atoms with Crippen LogP contribution in [0.4, 0.5) is 5.69 Å². The second-order valence-electron chi connectivity index (χ2n) is 11.4. The molecule has 0 saturated heterocycles. The van der Waals surface area contributed by atoms with Crippen LogP contribution in [0.25, 0.3) is 0 Å². The third-order valence-electron chi connectivity index (χ3n) is 8.31. The van der Waals surface area contributed by atoms with Crippen molar-refractivity contribution >= 4 is 62.3 Å². The van der Waals surface area contributed by atoms with E-state index in [1.165, 1.54) is 56.6 Å². The van der Waals surface area contributed by atoms with Crippen molar-refractivity contribution in [3.63, 3.8) is 0 Å². The molecule has 0 aliphatic heterocycles. The number of hydrogen-bond donors (Lipinski definition) is 1. The number of sulfonamides is 1. The molecule has 3 aromatic rings. The summed E-state index contributed by atoms with van der Waals surface area (Å²) < 4.78 is 46.0. The Morgan fingerprint density at radius 2 is 1.52 bits per heavy atom. The minimum atomic E-state index is -4.48. The Balaban J connectivity index is 1.80. The van der Waals surface area contributed by atoms with E-state index in [0.29, 0.717) is 16.3 Å². The Kier molecular flexibility index (Phi) is 13.1. The van der Waals surface area contributed by atoms with Crippen molar-refractivity contribution in [1.82, 2.24) is 10.2 Å². The van der Waals surface area contributed by atoms with Gasteiger partial charge in [-0.3, -0.25) is 13.9 Å². The Hall–Kier alpha value is -3.38. The van der Waals surface area contributed by atoms with Gasteiger partial charge in [0.15, 0.2) is 11.5 Å². The van der Waals surface area contributed by atoms with E-state index in [2.05, 4.69) is 5.32 Å². The molecule has 10 nitrogen and oxygen atoms in total. The molecule has 48 heavy (non-hydrogen) atoms. The van der Waals surface area contributed by atoms with E-state index in [1.54, 1.807) is 31.2 Å². The molecule has 1 atom stereocenters. The average Bonchev–Trinajstić information content (AvgIpc) is 3.08. The summed E-state index contributed by atoms with van der Waals surface area (Å²) >= 11 is 18.8. The number of nitrogens with one attached hydrogen (secondary N) is 1. The number of hydrogen-bond acceptors (Lipinski definition) is 7. The Morgan fingerprint density at radius 1 is 0.854 bits per heavy atom. The first-order chi connectivity index (χ1) is 22.9.